The maximum absolute atomic E-state index is 13.3. The molecule has 5 nitrogen and oxygen atoms in total. The molecule has 1 rings (SSSR count). The second-order valence-electron chi connectivity index (χ2n) is 3.96. The SMILES string of the molecule is CC(C)(CO)Nc1nc(NN)c(F)cc1F. The van der Waals surface area contributed by atoms with Crippen LogP contribution in [-0.2, 0) is 0 Å². The zero-order valence-corrected chi connectivity index (χ0v) is 9.01. The zero-order valence-electron chi connectivity index (χ0n) is 9.01. The highest BCUT2D eigenvalue weighted by Crippen LogP contribution is 2.21. The maximum atomic E-state index is 13.3. The number of rotatable bonds is 4. The number of aromatic nitrogens is 1. The summed E-state index contributed by atoms with van der Waals surface area (Å²) in [6.07, 6.45) is 0. The summed E-state index contributed by atoms with van der Waals surface area (Å²) >= 11 is 0. The Labute approximate surface area is 91.6 Å². The number of nitrogens with two attached hydrogens (primary N) is 1. The van der Waals surface area contributed by atoms with E-state index in [4.69, 9.17) is 10.9 Å². The molecule has 0 aliphatic rings. The molecule has 1 aromatic heterocycles. The Kier molecular flexibility index (Phi) is 3.61. The van der Waals surface area contributed by atoms with Crippen molar-refractivity contribution in [2.45, 2.75) is 19.4 Å². The molecule has 1 heterocycles. The molecule has 1 aromatic rings. The van der Waals surface area contributed by atoms with Crippen molar-refractivity contribution >= 4 is 11.6 Å². The lowest BCUT2D eigenvalue weighted by Gasteiger charge is -2.24. The van der Waals surface area contributed by atoms with E-state index < -0.39 is 17.2 Å². The number of nitrogen functional groups attached to an aromatic ring is 1. The minimum absolute atomic E-state index is 0.173. The molecule has 0 amide bonds. The lowest BCUT2D eigenvalue weighted by atomic mass is 10.1. The molecule has 5 N–H and O–H groups in total. The molecule has 0 atom stereocenters. The number of nitrogens with zero attached hydrogens (tertiary/aromatic N) is 1. The topological polar surface area (TPSA) is 83.2 Å². The predicted molar refractivity (Wildman–Crippen MR) is 56.8 cm³/mol. The minimum atomic E-state index is -0.882. The van der Waals surface area contributed by atoms with E-state index in [-0.39, 0.29) is 18.2 Å². The lowest BCUT2D eigenvalue weighted by Crippen LogP contribution is -2.35. The Hall–Kier alpha value is -1.47. The smallest absolute Gasteiger partial charge is 0.178 e. The van der Waals surface area contributed by atoms with Crippen molar-refractivity contribution in [2.75, 3.05) is 17.3 Å². The Balaban J connectivity index is 3.05. The predicted octanol–water partition coefficient (Wildman–Crippen LogP) is 0.828. The molecule has 0 unspecified atom stereocenters. The normalized spacial score (nSPS) is 11.4. The average molecular weight is 232 g/mol. The first kappa shape index (κ1) is 12.6. The number of halogens is 2. The highest BCUT2D eigenvalue weighted by atomic mass is 19.1. The number of hydrogen-bond acceptors (Lipinski definition) is 5. The highest BCUT2D eigenvalue weighted by molar-refractivity contribution is 5.48. The van der Waals surface area contributed by atoms with E-state index in [0.717, 1.165) is 0 Å². The van der Waals surface area contributed by atoms with E-state index in [1.807, 2.05) is 5.43 Å². The van der Waals surface area contributed by atoms with Gasteiger partial charge in [0.15, 0.2) is 23.3 Å². The van der Waals surface area contributed by atoms with Gasteiger partial charge in [-0.3, -0.25) is 0 Å². The number of aliphatic hydroxyl groups excluding tert-OH is 1. The van der Waals surface area contributed by atoms with Gasteiger partial charge in [-0.05, 0) is 13.8 Å². The molecule has 0 fully saturated rings. The number of hydrazine groups is 1. The number of anilines is 2. The average Bonchev–Trinajstić information content (AvgIpc) is 2.22. The molecule has 16 heavy (non-hydrogen) atoms. The van der Waals surface area contributed by atoms with Crippen LogP contribution in [0.4, 0.5) is 20.4 Å². The second kappa shape index (κ2) is 4.58. The molecule has 0 saturated carbocycles. The third-order valence-electron chi connectivity index (χ3n) is 1.92. The Morgan fingerprint density at radius 3 is 2.44 bits per heavy atom. The van der Waals surface area contributed by atoms with Gasteiger partial charge in [-0.25, -0.2) is 19.6 Å². The monoisotopic (exact) mass is 232 g/mol. The molecule has 0 spiro atoms. The third kappa shape index (κ3) is 2.77. The zero-order chi connectivity index (χ0) is 12.3. The third-order valence-corrected chi connectivity index (χ3v) is 1.92. The van der Waals surface area contributed by atoms with Gasteiger partial charge in [0.2, 0.25) is 0 Å². The first-order valence-corrected chi connectivity index (χ1v) is 4.61. The summed E-state index contributed by atoms with van der Waals surface area (Å²) in [6.45, 7) is 3.07. The van der Waals surface area contributed by atoms with Crippen molar-refractivity contribution in [2.24, 2.45) is 5.84 Å². The molecule has 0 aliphatic carbocycles. The van der Waals surface area contributed by atoms with Crippen molar-refractivity contribution in [1.29, 1.82) is 0 Å². The summed E-state index contributed by atoms with van der Waals surface area (Å²) in [5.41, 5.74) is 1.25. The number of pyridine rings is 1. The summed E-state index contributed by atoms with van der Waals surface area (Å²) in [4.78, 5) is 3.62. The molecule has 0 bridgehead atoms. The number of hydrogen-bond donors (Lipinski definition) is 4. The van der Waals surface area contributed by atoms with Crippen LogP contribution in [-0.4, -0.2) is 22.2 Å². The van der Waals surface area contributed by atoms with E-state index in [1.165, 1.54) is 0 Å². The number of nitrogens with one attached hydrogen (secondary N) is 2. The molecular weight excluding hydrogens is 218 g/mol. The van der Waals surface area contributed by atoms with Crippen molar-refractivity contribution in [3.63, 3.8) is 0 Å². The molecule has 90 valence electrons. The van der Waals surface area contributed by atoms with Gasteiger partial charge in [-0.2, -0.15) is 0 Å². The summed E-state index contributed by atoms with van der Waals surface area (Å²) in [7, 11) is 0. The van der Waals surface area contributed by atoms with Crippen LogP contribution in [0.15, 0.2) is 6.07 Å². The van der Waals surface area contributed by atoms with Gasteiger partial charge >= 0.3 is 0 Å². The van der Waals surface area contributed by atoms with Crippen LogP contribution < -0.4 is 16.6 Å². The van der Waals surface area contributed by atoms with Crippen LogP contribution in [0, 0.1) is 11.6 Å². The quantitative estimate of drug-likeness (QED) is 0.456. The largest absolute Gasteiger partial charge is 0.394 e. The first-order valence-electron chi connectivity index (χ1n) is 4.61. The van der Waals surface area contributed by atoms with Gasteiger partial charge in [0, 0.05) is 6.07 Å². The van der Waals surface area contributed by atoms with Crippen LogP contribution in [0.5, 0.6) is 0 Å². The van der Waals surface area contributed by atoms with Crippen molar-refractivity contribution < 1.29 is 13.9 Å². The van der Waals surface area contributed by atoms with Crippen LogP contribution >= 0.6 is 0 Å². The van der Waals surface area contributed by atoms with Gasteiger partial charge in [0.05, 0.1) is 12.1 Å². The van der Waals surface area contributed by atoms with Crippen molar-refractivity contribution in [1.82, 2.24) is 4.98 Å². The molecule has 0 aromatic carbocycles. The Morgan fingerprint density at radius 1 is 1.38 bits per heavy atom. The van der Waals surface area contributed by atoms with Crippen LogP contribution in [0.25, 0.3) is 0 Å². The fourth-order valence-electron chi connectivity index (χ4n) is 1.02. The molecular formula is C9H14F2N4O. The van der Waals surface area contributed by atoms with E-state index in [9.17, 15) is 8.78 Å². The fourth-order valence-corrected chi connectivity index (χ4v) is 1.02. The number of aliphatic hydroxyl groups is 1. The lowest BCUT2D eigenvalue weighted by molar-refractivity contribution is 0.233. The van der Waals surface area contributed by atoms with Gasteiger partial charge in [0.25, 0.3) is 0 Å². The van der Waals surface area contributed by atoms with Gasteiger partial charge in [0.1, 0.15) is 0 Å². The summed E-state index contributed by atoms with van der Waals surface area (Å²) in [5, 5.41) is 11.6. The van der Waals surface area contributed by atoms with Crippen LogP contribution in [0.1, 0.15) is 13.8 Å². The van der Waals surface area contributed by atoms with E-state index in [0.29, 0.717) is 6.07 Å². The highest BCUT2D eigenvalue weighted by Gasteiger charge is 2.20. The molecule has 0 saturated heterocycles. The van der Waals surface area contributed by atoms with E-state index in [1.54, 1.807) is 13.8 Å². The fraction of sp³-hybridized carbons (Fsp3) is 0.444. The van der Waals surface area contributed by atoms with Gasteiger partial charge < -0.3 is 15.8 Å². The maximum Gasteiger partial charge on any atom is 0.178 e. The summed E-state index contributed by atoms with van der Waals surface area (Å²) in [5.74, 6) is 2.84. The standard InChI is InChI=1S/C9H14F2N4O/c1-9(2,4-16)14-7-5(10)3-6(11)8(13-7)15-12/h3,16H,4,12H2,1-2H3,(H2,13,14,15). The van der Waals surface area contributed by atoms with Crippen molar-refractivity contribution in [3.05, 3.63) is 17.7 Å². The minimum Gasteiger partial charge on any atom is -0.394 e. The molecule has 0 aliphatic heterocycles. The Morgan fingerprint density at radius 2 is 1.94 bits per heavy atom. The van der Waals surface area contributed by atoms with Crippen LogP contribution in [0.3, 0.4) is 0 Å². The van der Waals surface area contributed by atoms with E-state index >= 15 is 0 Å². The Bertz CT molecular complexity index is 384. The molecule has 7 heteroatoms. The summed E-state index contributed by atoms with van der Waals surface area (Å²) in [6, 6.07) is 0.665. The second-order valence-corrected chi connectivity index (χ2v) is 3.96. The van der Waals surface area contributed by atoms with Crippen molar-refractivity contribution in [3.8, 4) is 0 Å². The van der Waals surface area contributed by atoms with Gasteiger partial charge in [-0.15, -0.1) is 0 Å². The van der Waals surface area contributed by atoms with Gasteiger partial charge in [-0.1, -0.05) is 0 Å². The first-order chi connectivity index (χ1) is 7.39. The molecule has 0 radical (unpaired) electrons. The summed E-state index contributed by atoms with van der Waals surface area (Å²) < 4.78 is 26.3. The van der Waals surface area contributed by atoms with E-state index in [2.05, 4.69) is 10.3 Å². The van der Waals surface area contributed by atoms with Crippen LogP contribution in [0.2, 0.25) is 0 Å².